The van der Waals surface area contributed by atoms with Crippen LogP contribution in [-0.2, 0) is 4.74 Å². The Morgan fingerprint density at radius 2 is 1.83 bits per heavy atom. The fourth-order valence-electron chi connectivity index (χ4n) is 1.95. The van der Waals surface area contributed by atoms with Crippen LogP contribution in [0.5, 0.6) is 0 Å². The molecule has 1 aliphatic rings. The third-order valence-electron chi connectivity index (χ3n) is 2.87. The molecule has 18 heavy (non-hydrogen) atoms. The summed E-state index contributed by atoms with van der Waals surface area (Å²) < 4.78 is 31.5. The van der Waals surface area contributed by atoms with Gasteiger partial charge in [-0.25, -0.2) is 19.2 Å². The average Bonchev–Trinajstić information content (AvgIpc) is 2.36. The van der Waals surface area contributed by atoms with Crippen LogP contribution >= 0.6 is 0 Å². The zero-order chi connectivity index (χ0) is 13.0. The minimum absolute atomic E-state index is 0.264. The predicted octanol–water partition coefficient (Wildman–Crippen LogP) is 0.801. The highest BCUT2D eigenvalue weighted by atomic mass is 19.1. The van der Waals surface area contributed by atoms with E-state index in [1.165, 1.54) is 12.1 Å². The number of hydrogen-bond donors (Lipinski definition) is 2. The molecule has 0 amide bonds. The van der Waals surface area contributed by atoms with Gasteiger partial charge in [-0.05, 0) is 17.7 Å². The number of nitrogens with one attached hydrogen (secondary N) is 1. The van der Waals surface area contributed by atoms with Crippen LogP contribution in [0.2, 0.25) is 0 Å². The average molecular weight is 257 g/mol. The lowest BCUT2D eigenvalue weighted by atomic mass is 10.1. The van der Waals surface area contributed by atoms with Gasteiger partial charge >= 0.3 is 0 Å². The monoisotopic (exact) mass is 257 g/mol. The van der Waals surface area contributed by atoms with Crippen LogP contribution in [-0.4, -0.2) is 37.9 Å². The molecule has 1 atom stereocenters. The van der Waals surface area contributed by atoms with Crippen molar-refractivity contribution < 1.29 is 13.5 Å². The first kappa shape index (κ1) is 13.4. The highest BCUT2D eigenvalue weighted by Crippen LogP contribution is 2.16. The van der Waals surface area contributed by atoms with Crippen LogP contribution in [0.1, 0.15) is 11.6 Å². The lowest BCUT2D eigenvalue weighted by molar-refractivity contribution is 0.00400. The van der Waals surface area contributed by atoms with Crippen LogP contribution < -0.4 is 11.2 Å². The van der Waals surface area contributed by atoms with Crippen LogP contribution in [0.3, 0.4) is 0 Å². The van der Waals surface area contributed by atoms with Crippen LogP contribution in [0.25, 0.3) is 0 Å². The number of morpholine rings is 1. The van der Waals surface area contributed by atoms with Gasteiger partial charge in [0.05, 0.1) is 19.3 Å². The molecule has 1 saturated heterocycles. The zero-order valence-corrected chi connectivity index (χ0v) is 10.0. The number of rotatable bonds is 4. The number of ether oxygens (including phenoxy) is 1. The van der Waals surface area contributed by atoms with Gasteiger partial charge < -0.3 is 10.5 Å². The highest BCUT2D eigenvalue weighted by Gasteiger charge is 2.17. The molecule has 1 heterocycles. The predicted molar refractivity (Wildman–Crippen MR) is 63.7 cm³/mol. The minimum Gasteiger partial charge on any atom is -0.379 e. The smallest absolute Gasteiger partial charge is 0.126 e. The number of hydrazine groups is 1. The Balaban J connectivity index is 2.06. The third kappa shape index (κ3) is 3.46. The highest BCUT2D eigenvalue weighted by molar-refractivity contribution is 5.21. The van der Waals surface area contributed by atoms with Crippen molar-refractivity contribution >= 4 is 0 Å². The lowest BCUT2D eigenvalue weighted by Gasteiger charge is -2.31. The van der Waals surface area contributed by atoms with Crippen molar-refractivity contribution in [3.8, 4) is 0 Å². The van der Waals surface area contributed by atoms with Crippen LogP contribution in [0, 0.1) is 11.6 Å². The molecule has 4 nitrogen and oxygen atoms in total. The van der Waals surface area contributed by atoms with Gasteiger partial charge in [0.15, 0.2) is 0 Å². The van der Waals surface area contributed by atoms with E-state index in [0.717, 1.165) is 19.2 Å². The largest absolute Gasteiger partial charge is 0.379 e. The van der Waals surface area contributed by atoms with E-state index < -0.39 is 11.6 Å². The first-order valence-electron chi connectivity index (χ1n) is 5.94. The summed E-state index contributed by atoms with van der Waals surface area (Å²) in [7, 11) is 0. The summed E-state index contributed by atoms with van der Waals surface area (Å²) in [6.07, 6.45) is 0. The maximum atomic E-state index is 13.2. The van der Waals surface area contributed by atoms with E-state index in [1.54, 1.807) is 0 Å². The number of hydrogen-bond acceptors (Lipinski definition) is 4. The normalized spacial score (nSPS) is 18.8. The van der Waals surface area contributed by atoms with Gasteiger partial charge in [-0.2, -0.15) is 0 Å². The number of benzene rings is 1. The van der Waals surface area contributed by atoms with Crippen molar-refractivity contribution in [2.24, 2.45) is 5.73 Å². The summed E-state index contributed by atoms with van der Waals surface area (Å²) in [5, 5.41) is 1.96. The van der Waals surface area contributed by atoms with E-state index in [0.29, 0.717) is 18.8 Å². The molecule has 1 aliphatic heterocycles. The third-order valence-corrected chi connectivity index (χ3v) is 2.87. The molecule has 2 rings (SSSR count). The van der Waals surface area contributed by atoms with Gasteiger partial charge in [-0.3, -0.25) is 0 Å². The van der Waals surface area contributed by atoms with Gasteiger partial charge in [0.25, 0.3) is 0 Å². The topological polar surface area (TPSA) is 50.5 Å². The van der Waals surface area contributed by atoms with E-state index >= 15 is 0 Å². The zero-order valence-electron chi connectivity index (χ0n) is 10.0. The summed E-state index contributed by atoms with van der Waals surface area (Å²) in [5.41, 5.74) is 9.34. The van der Waals surface area contributed by atoms with Gasteiger partial charge in [0.1, 0.15) is 11.6 Å². The van der Waals surface area contributed by atoms with E-state index in [1.807, 2.05) is 5.01 Å². The van der Waals surface area contributed by atoms with Gasteiger partial charge in [0, 0.05) is 25.7 Å². The molecule has 0 bridgehead atoms. The van der Waals surface area contributed by atoms with Gasteiger partial charge in [-0.1, -0.05) is 0 Å². The lowest BCUT2D eigenvalue weighted by Crippen LogP contribution is -2.48. The van der Waals surface area contributed by atoms with Crippen molar-refractivity contribution in [1.82, 2.24) is 10.4 Å². The molecular weight excluding hydrogens is 240 g/mol. The van der Waals surface area contributed by atoms with Crippen molar-refractivity contribution in [3.63, 3.8) is 0 Å². The van der Waals surface area contributed by atoms with E-state index in [-0.39, 0.29) is 12.6 Å². The molecule has 1 aromatic rings. The molecule has 1 unspecified atom stereocenters. The summed E-state index contributed by atoms with van der Waals surface area (Å²) in [5.74, 6) is -1.18. The first-order valence-corrected chi connectivity index (χ1v) is 5.94. The Morgan fingerprint density at radius 3 is 2.39 bits per heavy atom. The minimum atomic E-state index is -0.591. The Hall–Kier alpha value is -1.08. The molecular formula is C12H17F2N3O. The fourth-order valence-corrected chi connectivity index (χ4v) is 1.95. The maximum Gasteiger partial charge on any atom is 0.126 e. The molecule has 3 N–H and O–H groups in total. The van der Waals surface area contributed by atoms with Gasteiger partial charge in [0.2, 0.25) is 0 Å². The molecule has 0 aromatic heterocycles. The molecule has 100 valence electrons. The second-order valence-electron chi connectivity index (χ2n) is 4.22. The molecule has 0 radical (unpaired) electrons. The summed E-state index contributed by atoms with van der Waals surface area (Å²) in [4.78, 5) is 0. The van der Waals surface area contributed by atoms with E-state index in [2.05, 4.69) is 5.43 Å². The van der Waals surface area contributed by atoms with E-state index in [9.17, 15) is 8.78 Å². The van der Waals surface area contributed by atoms with Crippen molar-refractivity contribution in [2.75, 3.05) is 32.8 Å². The van der Waals surface area contributed by atoms with Crippen molar-refractivity contribution in [2.45, 2.75) is 6.04 Å². The second-order valence-corrected chi connectivity index (χ2v) is 4.22. The number of nitrogens with two attached hydrogens (primary N) is 1. The van der Waals surface area contributed by atoms with E-state index in [4.69, 9.17) is 10.5 Å². The molecule has 1 aromatic carbocycles. The summed E-state index contributed by atoms with van der Waals surface area (Å²) >= 11 is 0. The first-order chi connectivity index (χ1) is 8.69. The summed E-state index contributed by atoms with van der Waals surface area (Å²) in [6.45, 7) is 3.01. The molecule has 0 aliphatic carbocycles. The van der Waals surface area contributed by atoms with Crippen LogP contribution in [0.15, 0.2) is 18.2 Å². The van der Waals surface area contributed by atoms with Gasteiger partial charge in [-0.15, -0.1) is 0 Å². The second kappa shape index (κ2) is 6.19. The summed E-state index contributed by atoms with van der Waals surface area (Å²) in [6, 6.07) is 3.15. The SMILES string of the molecule is NCC(NN1CCOCC1)c1cc(F)cc(F)c1. The standard InChI is InChI=1S/C12H17F2N3O/c13-10-5-9(6-11(14)7-10)12(8-15)16-17-1-3-18-4-2-17/h5-7,12,16H,1-4,8,15H2. The Morgan fingerprint density at radius 1 is 1.22 bits per heavy atom. The number of nitrogens with zero attached hydrogens (tertiary/aromatic N) is 1. The van der Waals surface area contributed by atoms with Crippen LogP contribution in [0.4, 0.5) is 8.78 Å². The van der Waals surface area contributed by atoms with Crippen molar-refractivity contribution in [3.05, 3.63) is 35.4 Å². The molecule has 1 fully saturated rings. The maximum absolute atomic E-state index is 13.2. The Labute approximate surface area is 105 Å². The van der Waals surface area contributed by atoms with Crippen molar-refractivity contribution in [1.29, 1.82) is 0 Å². The Bertz CT molecular complexity index is 377. The number of halogens is 2. The Kier molecular flexibility index (Phi) is 4.60. The molecule has 0 spiro atoms. The quantitative estimate of drug-likeness (QED) is 0.838. The fraction of sp³-hybridized carbons (Fsp3) is 0.500. The molecule has 6 heteroatoms. The molecule has 0 saturated carbocycles.